The number of carbonyl (C=O) groups excluding carboxylic acids is 1. The van der Waals surface area contributed by atoms with Crippen LogP contribution in [0.4, 0.5) is 0 Å². The number of oxime groups is 1. The first-order valence-corrected chi connectivity index (χ1v) is 10.0. The molecule has 2 atom stereocenters. The zero-order valence-corrected chi connectivity index (χ0v) is 17.7. The smallest absolute Gasteiger partial charge is 0.150 e. The summed E-state index contributed by atoms with van der Waals surface area (Å²) in [6.45, 7) is 8.11. The second-order valence-corrected chi connectivity index (χ2v) is 7.15. The van der Waals surface area contributed by atoms with Gasteiger partial charge in [-0.2, -0.15) is 0 Å². The molecule has 0 radical (unpaired) electrons. The molecule has 1 aromatic rings. The van der Waals surface area contributed by atoms with Gasteiger partial charge in [-0.15, -0.1) is 12.3 Å². The van der Waals surface area contributed by atoms with E-state index in [1.54, 1.807) is 6.92 Å². The average molecular weight is 386 g/mol. The predicted molar refractivity (Wildman–Crippen MR) is 117 cm³/mol. The van der Waals surface area contributed by atoms with Crippen molar-refractivity contribution in [2.45, 2.75) is 52.0 Å². The maximum absolute atomic E-state index is 10.7. The SMILES string of the molecule is C#CC.CCO/N=C(/C)CNC.O=Cc1cccc(C2CC2NCC2CC2)c1. The predicted octanol–water partition coefficient (Wildman–Crippen LogP) is 3.61. The van der Waals surface area contributed by atoms with Gasteiger partial charge >= 0.3 is 0 Å². The van der Waals surface area contributed by atoms with E-state index < -0.39 is 0 Å². The molecular weight excluding hydrogens is 350 g/mol. The zero-order valence-electron chi connectivity index (χ0n) is 17.7. The van der Waals surface area contributed by atoms with Crippen molar-refractivity contribution in [3.05, 3.63) is 35.4 Å². The van der Waals surface area contributed by atoms with Crippen LogP contribution in [0.2, 0.25) is 0 Å². The lowest BCUT2D eigenvalue weighted by Gasteiger charge is -2.03. The molecule has 0 spiro atoms. The first kappa shape index (κ1) is 23.9. The van der Waals surface area contributed by atoms with Gasteiger partial charge in [-0.25, -0.2) is 0 Å². The van der Waals surface area contributed by atoms with Crippen molar-refractivity contribution in [2.24, 2.45) is 11.1 Å². The number of carbonyl (C=O) groups is 1. The highest BCUT2D eigenvalue weighted by atomic mass is 16.6. The molecule has 0 aliphatic heterocycles. The lowest BCUT2D eigenvalue weighted by molar-refractivity contribution is 0.112. The van der Waals surface area contributed by atoms with Crippen LogP contribution < -0.4 is 10.6 Å². The molecule has 0 saturated heterocycles. The van der Waals surface area contributed by atoms with Crippen molar-refractivity contribution in [2.75, 3.05) is 26.7 Å². The summed E-state index contributed by atoms with van der Waals surface area (Å²) in [7, 11) is 1.88. The van der Waals surface area contributed by atoms with Crippen LogP contribution in [-0.2, 0) is 4.84 Å². The van der Waals surface area contributed by atoms with Gasteiger partial charge in [-0.05, 0) is 71.2 Å². The number of aldehydes is 1. The van der Waals surface area contributed by atoms with Crippen LogP contribution in [0.3, 0.4) is 0 Å². The largest absolute Gasteiger partial charge is 0.396 e. The molecular formula is C23H35N3O2. The van der Waals surface area contributed by atoms with E-state index in [2.05, 4.69) is 34.2 Å². The highest BCUT2D eigenvalue weighted by Gasteiger charge is 2.38. The summed E-state index contributed by atoms with van der Waals surface area (Å²) in [5, 5.41) is 10.4. The van der Waals surface area contributed by atoms with E-state index in [0.29, 0.717) is 18.6 Å². The normalized spacial score (nSPS) is 19.9. The van der Waals surface area contributed by atoms with E-state index in [1.807, 2.05) is 39.1 Å². The fourth-order valence-electron chi connectivity index (χ4n) is 2.75. The maximum atomic E-state index is 10.7. The highest BCUT2D eigenvalue weighted by Crippen LogP contribution is 2.41. The van der Waals surface area contributed by atoms with Crippen molar-refractivity contribution in [3.8, 4) is 12.3 Å². The fourth-order valence-corrected chi connectivity index (χ4v) is 2.75. The number of benzene rings is 1. The van der Waals surface area contributed by atoms with E-state index in [1.165, 1.54) is 31.4 Å². The van der Waals surface area contributed by atoms with Crippen molar-refractivity contribution < 1.29 is 9.63 Å². The summed E-state index contributed by atoms with van der Waals surface area (Å²) in [6, 6.07) is 8.66. The number of terminal acetylenes is 1. The summed E-state index contributed by atoms with van der Waals surface area (Å²) >= 11 is 0. The van der Waals surface area contributed by atoms with Crippen LogP contribution in [-0.4, -0.2) is 44.8 Å². The molecule has 3 rings (SSSR count). The van der Waals surface area contributed by atoms with Crippen LogP contribution in [0, 0.1) is 18.3 Å². The molecule has 2 unspecified atom stereocenters. The third-order valence-corrected chi connectivity index (χ3v) is 4.41. The van der Waals surface area contributed by atoms with Crippen molar-refractivity contribution >= 4 is 12.0 Å². The van der Waals surface area contributed by atoms with E-state index in [0.717, 1.165) is 30.0 Å². The fraction of sp³-hybridized carbons (Fsp3) is 0.565. The van der Waals surface area contributed by atoms with Gasteiger partial charge in [0.25, 0.3) is 0 Å². The molecule has 0 heterocycles. The van der Waals surface area contributed by atoms with Gasteiger partial charge in [0, 0.05) is 24.1 Å². The molecule has 2 aliphatic carbocycles. The monoisotopic (exact) mass is 385 g/mol. The van der Waals surface area contributed by atoms with Crippen LogP contribution in [0.25, 0.3) is 0 Å². The quantitative estimate of drug-likeness (QED) is 0.295. The van der Waals surface area contributed by atoms with Gasteiger partial charge in [-0.1, -0.05) is 23.4 Å². The van der Waals surface area contributed by atoms with E-state index in [4.69, 9.17) is 4.84 Å². The van der Waals surface area contributed by atoms with Gasteiger partial charge in [0.05, 0.1) is 5.71 Å². The minimum absolute atomic E-state index is 0.638. The summed E-state index contributed by atoms with van der Waals surface area (Å²) in [6.07, 6.45) is 9.57. The minimum Gasteiger partial charge on any atom is -0.396 e. The molecule has 2 fully saturated rings. The second kappa shape index (κ2) is 13.9. The van der Waals surface area contributed by atoms with Crippen LogP contribution >= 0.6 is 0 Å². The van der Waals surface area contributed by atoms with E-state index in [9.17, 15) is 4.79 Å². The number of hydrogen-bond acceptors (Lipinski definition) is 5. The highest BCUT2D eigenvalue weighted by molar-refractivity contribution is 5.83. The van der Waals surface area contributed by atoms with Gasteiger partial charge < -0.3 is 15.5 Å². The van der Waals surface area contributed by atoms with Gasteiger partial charge in [0.1, 0.15) is 12.9 Å². The molecule has 0 bridgehead atoms. The standard InChI is InChI=1S/C14H17NO.C6H14N2O.C3H4/c16-9-11-2-1-3-12(6-11)13-7-14(13)15-8-10-4-5-10;1-4-9-8-6(2)5-7-3;1-3-2/h1-3,6,9-10,13-15H,4-5,7-8H2;7H,4-5H2,1-3H3;1H,2H3/b;8-6-;. The summed E-state index contributed by atoms with van der Waals surface area (Å²) in [5.74, 6) is 3.83. The Morgan fingerprint density at radius 3 is 2.71 bits per heavy atom. The Morgan fingerprint density at radius 2 is 2.14 bits per heavy atom. The molecule has 2 N–H and O–H groups in total. The van der Waals surface area contributed by atoms with Gasteiger partial charge in [-0.3, -0.25) is 4.79 Å². The maximum Gasteiger partial charge on any atom is 0.150 e. The second-order valence-electron chi connectivity index (χ2n) is 7.15. The number of nitrogens with one attached hydrogen (secondary N) is 2. The lowest BCUT2D eigenvalue weighted by atomic mass is 10.1. The molecule has 5 nitrogen and oxygen atoms in total. The van der Waals surface area contributed by atoms with Gasteiger partial charge in [0.2, 0.25) is 0 Å². The molecule has 0 amide bonds. The molecule has 5 heteroatoms. The molecule has 154 valence electrons. The molecule has 2 saturated carbocycles. The third kappa shape index (κ3) is 10.2. The molecule has 1 aromatic carbocycles. The van der Waals surface area contributed by atoms with E-state index >= 15 is 0 Å². The summed E-state index contributed by atoms with van der Waals surface area (Å²) < 4.78 is 0. The van der Waals surface area contributed by atoms with Crippen LogP contribution in [0.15, 0.2) is 29.4 Å². The lowest BCUT2D eigenvalue weighted by Crippen LogP contribution is -2.20. The number of hydrogen-bond donors (Lipinski definition) is 2. The molecule has 28 heavy (non-hydrogen) atoms. The third-order valence-electron chi connectivity index (χ3n) is 4.41. The van der Waals surface area contributed by atoms with Crippen LogP contribution in [0.1, 0.15) is 61.9 Å². The number of rotatable bonds is 9. The number of nitrogens with zero attached hydrogens (tertiary/aromatic N) is 1. The Balaban J connectivity index is 0.000000280. The van der Waals surface area contributed by atoms with Crippen molar-refractivity contribution in [1.29, 1.82) is 0 Å². The Hall–Kier alpha value is -2.16. The van der Waals surface area contributed by atoms with Crippen LogP contribution in [0.5, 0.6) is 0 Å². The zero-order chi connectivity index (χ0) is 20.8. The summed E-state index contributed by atoms with van der Waals surface area (Å²) in [4.78, 5) is 15.5. The Bertz CT molecular complexity index is 647. The minimum atomic E-state index is 0.638. The van der Waals surface area contributed by atoms with E-state index in [-0.39, 0.29) is 0 Å². The topological polar surface area (TPSA) is 62.7 Å². The Labute approximate surface area is 170 Å². The summed E-state index contributed by atoms with van der Waals surface area (Å²) in [5.41, 5.74) is 3.09. The van der Waals surface area contributed by atoms with Crippen molar-refractivity contribution in [3.63, 3.8) is 0 Å². The van der Waals surface area contributed by atoms with Crippen molar-refractivity contribution in [1.82, 2.24) is 10.6 Å². The first-order chi connectivity index (χ1) is 13.6. The first-order valence-electron chi connectivity index (χ1n) is 10.0. The molecule has 2 aliphatic rings. The Kier molecular flexibility index (Phi) is 11.9. The average Bonchev–Trinajstić information content (AvgIpc) is 3.61. The Morgan fingerprint density at radius 1 is 1.43 bits per heavy atom. The molecule has 0 aromatic heterocycles. The van der Waals surface area contributed by atoms with Gasteiger partial charge in [0.15, 0.2) is 0 Å².